The van der Waals surface area contributed by atoms with Crippen LogP contribution >= 0.6 is 11.6 Å². The molecule has 146 valence electrons. The van der Waals surface area contributed by atoms with Crippen LogP contribution in [0.25, 0.3) is 0 Å². The van der Waals surface area contributed by atoms with Gasteiger partial charge in [-0.1, -0.05) is 32.4 Å². The first-order valence-corrected chi connectivity index (χ1v) is 9.87. The van der Waals surface area contributed by atoms with Crippen molar-refractivity contribution in [3.05, 3.63) is 22.7 Å². The van der Waals surface area contributed by atoms with Crippen LogP contribution < -0.4 is 14.8 Å². The predicted molar refractivity (Wildman–Crippen MR) is 106 cm³/mol. The van der Waals surface area contributed by atoms with E-state index in [0.29, 0.717) is 34.6 Å². The van der Waals surface area contributed by atoms with Crippen LogP contribution in [0.15, 0.2) is 12.1 Å². The molecular formula is C20H31ClN2O3. The summed E-state index contributed by atoms with van der Waals surface area (Å²) in [6.45, 7) is 9.42. The third kappa shape index (κ3) is 5.27. The van der Waals surface area contributed by atoms with Crippen LogP contribution in [0, 0.1) is 5.92 Å². The lowest BCUT2D eigenvalue weighted by atomic mass is 10.0. The van der Waals surface area contributed by atoms with Crippen molar-refractivity contribution >= 4 is 17.5 Å². The molecule has 0 aromatic heterocycles. The summed E-state index contributed by atoms with van der Waals surface area (Å²) in [5, 5.41) is 3.76. The normalized spacial score (nSPS) is 15.2. The quantitative estimate of drug-likeness (QED) is 0.738. The number of benzene rings is 1. The molecule has 5 nitrogen and oxygen atoms in total. The Morgan fingerprint density at radius 2 is 2.04 bits per heavy atom. The largest absolute Gasteiger partial charge is 0.493 e. The Morgan fingerprint density at radius 3 is 2.62 bits per heavy atom. The van der Waals surface area contributed by atoms with Crippen LogP contribution in [0.4, 0.5) is 0 Å². The van der Waals surface area contributed by atoms with Crippen LogP contribution in [0.5, 0.6) is 11.5 Å². The zero-order valence-electron chi connectivity index (χ0n) is 16.3. The number of hydrogen-bond acceptors (Lipinski definition) is 4. The number of nitrogens with zero attached hydrogens (tertiary/aromatic N) is 1. The van der Waals surface area contributed by atoms with Crippen molar-refractivity contribution in [1.82, 2.24) is 10.2 Å². The summed E-state index contributed by atoms with van der Waals surface area (Å²) < 4.78 is 11.2. The van der Waals surface area contributed by atoms with Gasteiger partial charge in [0, 0.05) is 18.2 Å². The molecular weight excluding hydrogens is 352 g/mol. The van der Waals surface area contributed by atoms with E-state index in [4.69, 9.17) is 21.1 Å². The lowest BCUT2D eigenvalue weighted by molar-refractivity contribution is 0.0642. The topological polar surface area (TPSA) is 50.8 Å². The van der Waals surface area contributed by atoms with Crippen molar-refractivity contribution in [2.45, 2.75) is 46.1 Å². The monoisotopic (exact) mass is 382 g/mol. The number of methoxy groups -OCH3 is 1. The molecule has 1 aromatic carbocycles. The Labute approximate surface area is 162 Å². The van der Waals surface area contributed by atoms with Crippen LogP contribution in [0.2, 0.25) is 5.02 Å². The first-order valence-electron chi connectivity index (χ1n) is 9.49. The van der Waals surface area contributed by atoms with Gasteiger partial charge < -0.3 is 19.7 Å². The van der Waals surface area contributed by atoms with E-state index in [9.17, 15) is 4.79 Å². The van der Waals surface area contributed by atoms with Gasteiger partial charge in [0.05, 0.1) is 18.7 Å². The molecule has 1 aliphatic heterocycles. The number of nitrogens with one attached hydrogen (secondary N) is 1. The Bertz CT molecular complexity index is 601. The van der Waals surface area contributed by atoms with E-state index in [1.54, 1.807) is 19.2 Å². The summed E-state index contributed by atoms with van der Waals surface area (Å²) in [7, 11) is 1.57. The maximum absolute atomic E-state index is 13.2. The Balaban J connectivity index is 2.26. The fourth-order valence-electron chi connectivity index (χ4n) is 3.21. The second-order valence-electron chi connectivity index (χ2n) is 7.17. The van der Waals surface area contributed by atoms with Crippen LogP contribution in [0.3, 0.4) is 0 Å². The molecule has 1 heterocycles. The molecule has 0 radical (unpaired) electrons. The summed E-state index contributed by atoms with van der Waals surface area (Å²) in [5.74, 6) is 1.39. The molecule has 0 spiro atoms. The molecule has 1 aliphatic rings. The maximum Gasteiger partial charge on any atom is 0.254 e. The van der Waals surface area contributed by atoms with Gasteiger partial charge >= 0.3 is 0 Å². The summed E-state index contributed by atoms with van der Waals surface area (Å²) in [6.07, 6.45) is 2.88. The number of rotatable bonds is 8. The minimum atomic E-state index is 0.00867. The van der Waals surface area contributed by atoms with E-state index >= 15 is 0 Å². The van der Waals surface area contributed by atoms with Gasteiger partial charge in [0.15, 0.2) is 11.5 Å². The molecule has 26 heavy (non-hydrogen) atoms. The van der Waals surface area contributed by atoms with Gasteiger partial charge in [-0.2, -0.15) is 0 Å². The van der Waals surface area contributed by atoms with Crippen molar-refractivity contribution in [3.8, 4) is 11.5 Å². The Morgan fingerprint density at radius 1 is 1.35 bits per heavy atom. The van der Waals surface area contributed by atoms with Gasteiger partial charge in [-0.25, -0.2) is 0 Å². The fourth-order valence-corrected chi connectivity index (χ4v) is 3.47. The highest BCUT2D eigenvalue weighted by Crippen LogP contribution is 2.37. The zero-order valence-corrected chi connectivity index (χ0v) is 17.1. The second-order valence-corrected chi connectivity index (χ2v) is 7.58. The molecule has 6 heteroatoms. The average molecular weight is 383 g/mol. The van der Waals surface area contributed by atoms with Crippen molar-refractivity contribution < 1.29 is 14.3 Å². The Kier molecular flexibility index (Phi) is 8.04. The predicted octanol–water partition coefficient (Wildman–Crippen LogP) is 3.99. The lowest BCUT2D eigenvalue weighted by Gasteiger charge is -2.34. The van der Waals surface area contributed by atoms with E-state index < -0.39 is 0 Å². The minimum absolute atomic E-state index is 0.00867. The van der Waals surface area contributed by atoms with Gasteiger partial charge in [0.25, 0.3) is 5.91 Å². The zero-order chi connectivity index (χ0) is 19.1. The SMILES string of the molecule is CCCN(C(=O)c1cc(Cl)c(OCC(C)C)c(OC)c1)C1CCNCC1. The molecule has 0 aliphatic carbocycles. The number of halogens is 1. The average Bonchev–Trinajstić information content (AvgIpc) is 2.64. The number of piperidine rings is 1. The molecule has 1 saturated heterocycles. The van der Waals surface area contributed by atoms with E-state index in [1.807, 2.05) is 4.90 Å². The summed E-state index contributed by atoms with van der Waals surface area (Å²) in [5.41, 5.74) is 0.552. The van der Waals surface area contributed by atoms with Gasteiger partial charge in [-0.3, -0.25) is 4.79 Å². The van der Waals surface area contributed by atoms with Gasteiger partial charge in [-0.05, 0) is 50.4 Å². The first kappa shape index (κ1) is 20.8. The van der Waals surface area contributed by atoms with Crippen LogP contribution in [-0.4, -0.2) is 50.2 Å². The second kappa shape index (κ2) is 10.0. The Hall–Kier alpha value is -1.46. The van der Waals surface area contributed by atoms with Gasteiger partial charge in [-0.15, -0.1) is 0 Å². The van der Waals surface area contributed by atoms with Gasteiger partial charge in [0.2, 0.25) is 0 Å². The van der Waals surface area contributed by atoms with Crippen molar-refractivity contribution in [2.75, 3.05) is 33.4 Å². The summed E-state index contributed by atoms with van der Waals surface area (Å²) >= 11 is 6.42. The number of carbonyl (C=O) groups excluding carboxylic acids is 1. The van der Waals surface area contributed by atoms with Crippen molar-refractivity contribution in [2.24, 2.45) is 5.92 Å². The molecule has 1 amide bonds. The summed E-state index contributed by atoms with van der Waals surface area (Å²) in [4.78, 5) is 15.2. The standard InChI is InChI=1S/C20H31ClN2O3/c1-5-10-23(16-6-8-22-9-7-16)20(24)15-11-17(21)19(18(12-15)25-4)26-13-14(2)3/h11-12,14,16,22H,5-10,13H2,1-4H3. The molecule has 2 rings (SSSR count). The molecule has 0 atom stereocenters. The maximum atomic E-state index is 13.2. The molecule has 0 saturated carbocycles. The van der Waals surface area contributed by atoms with Crippen LogP contribution in [-0.2, 0) is 0 Å². The van der Waals surface area contributed by atoms with E-state index in [2.05, 4.69) is 26.1 Å². The molecule has 1 fully saturated rings. The number of ether oxygens (including phenoxy) is 2. The molecule has 1 aromatic rings. The third-order valence-electron chi connectivity index (χ3n) is 4.51. The highest BCUT2D eigenvalue weighted by molar-refractivity contribution is 6.32. The number of hydrogen-bond donors (Lipinski definition) is 1. The third-order valence-corrected chi connectivity index (χ3v) is 4.79. The van der Waals surface area contributed by atoms with E-state index in [1.165, 1.54) is 0 Å². The fraction of sp³-hybridized carbons (Fsp3) is 0.650. The smallest absolute Gasteiger partial charge is 0.254 e. The van der Waals surface area contributed by atoms with Crippen molar-refractivity contribution in [3.63, 3.8) is 0 Å². The van der Waals surface area contributed by atoms with E-state index in [0.717, 1.165) is 38.9 Å². The first-order chi connectivity index (χ1) is 12.5. The number of amides is 1. The highest BCUT2D eigenvalue weighted by Gasteiger charge is 2.27. The van der Waals surface area contributed by atoms with E-state index in [-0.39, 0.29) is 11.9 Å². The highest BCUT2D eigenvalue weighted by atomic mass is 35.5. The van der Waals surface area contributed by atoms with Gasteiger partial charge in [0.1, 0.15) is 0 Å². The molecule has 0 unspecified atom stereocenters. The number of carbonyl (C=O) groups is 1. The van der Waals surface area contributed by atoms with Crippen LogP contribution in [0.1, 0.15) is 50.4 Å². The lowest BCUT2D eigenvalue weighted by Crippen LogP contribution is -2.46. The molecule has 1 N–H and O–H groups in total. The van der Waals surface area contributed by atoms with Crippen molar-refractivity contribution in [1.29, 1.82) is 0 Å². The minimum Gasteiger partial charge on any atom is -0.493 e. The molecule has 0 bridgehead atoms. The summed E-state index contributed by atoms with van der Waals surface area (Å²) in [6, 6.07) is 3.71.